The number of anilines is 1. The zero-order valence-electron chi connectivity index (χ0n) is 10.6. The van der Waals surface area contributed by atoms with Gasteiger partial charge in [0.15, 0.2) is 0 Å². The van der Waals surface area contributed by atoms with Gasteiger partial charge in [0.1, 0.15) is 0 Å². The molecule has 1 aliphatic heterocycles. The topological polar surface area (TPSA) is 15.3 Å². The van der Waals surface area contributed by atoms with Crippen LogP contribution in [0.2, 0.25) is 0 Å². The highest BCUT2D eigenvalue weighted by Crippen LogP contribution is 2.39. The van der Waals surface area contributed by atoms with Gasteiger partial charge in [-0.15, -0.1) is 0 Å². The third kappa shape index (κ3) is 3.42. The SMILES string of the molecule is CNCC1CCN(c2cc(Br)ccc2C(F)(F)F)C1. The summed E-state index contributed by atoms with van der Waals surface area (Å²) in [5.41, 5.74) is -0.277. The van der Waals surface area contributed by atoms with Crippen molar-refractivity contribution in [3.8, 4) is 0 Å². The number of rotatable bonds is 3. The molecule has 0 bridgehead atoms. The largest absolute Gasteiger partial charge is 0.418 e. The first-order valence-corrected chi connectivity index (χ1v) is 6.97. The fourth-order valence-electron chi connectivity index (χ4n) is 2.51. The second-order valence-electron chi connectivity index (χ2n) is 4.82. The van der Waals surface area contributed by atoms with E-state index in [1.807, 2.05) is 11.9 Å². The molecule has 1 N–H and O–H groups in total. The molecule has 1 heterocycles. The van der Waals surface area contributed by atoms with E-state index >= 15 is 0 Å². The summed E-state index contributed by atoms with van der Waals surface area (Å²) in [4.78, 5) is 1.83. The number of nitrogens with zero attached hydrogens (tertiary/aromatic N) is 1. The van der Waals surface area contributed by atoms with Crippen LogP contribution < -0.4 is 10.2 Å². The number of benzene rings is 1. The monoisotopic (exact) mass is 336 g/mol. The van der Waals surface area contributed by atoms with Gasteiger partial charge in [-0.05, 0) is 44.1 Å². The van der Waals surface area contributed by atoms with Crippen molar-refractivity contribution in [2.24, 2.45) is 5.92 Å². The summed E-state index contributed by atoms with van der Waals surface area (Å²) in [6.45, 7) is 2.18. The van der Waals surface area contributed by atoms with Crippen molar-refractivity contribution in [1.29, 1.82) is 0 Å². The summed E-state index contributed by atoms with van der Waals surface area (Å²) >= 11 is 3.25. The van der Waals surface area contributed by atoms with Gasteiger partial charge in [0.25, 0.3) is 0 Å². The molecule has 1 aromatic rings. The van der Waals surface area contributed by atoms with E-state index < -0.39 is 11.7 Å². The summed E-state index contributed by atoms with van der Waals surface area (Å²) in [5.74, 6) is 0.407. The lowest BCUT2D eigenvalue weighted by Crippen LogP contribution is -2.26. The maximum Gasteiger partial charge on any atom is 0.418 e. The average Bonchev–Trinajstić information content (AvgIpc) is 2.76. The molecule has 1 saturated heterocycles. The minimum atomic E-state index is -4.31. The summed E-state index contributed by atoms with van der Waals surface area (Å²) in [7, 11) is 1.86. The van der Waals surface area contributed by atoms with Gasteiger partial charge < -0.3 is 10.2 Å². The number of nitrogens with one attached hydrogen (secondary N) is 1. The van der Waals surface area contributed by atoms with E-state index in [4.69, 9.17) is 0 Å². The first-order chi connectivity index (χ1) is 8.91. The van der Waals surface area contributed by atoms with Crippen LogP contribution in [0.5, 0.6) is 0 Å². The van der Waals surface area contributed by atoms with Crippen molar-refractivity contribution >= 4 is 21.6 Å². The standard InChI is InChI=1S/C13H16BrF3N2/c1-18-7-9-4-5-19(8-9)12-6-10(14)2-3-11(12)13(15,16)17/h2-3,6,9,18H,4-5,7-8H2,1H3. The highest BCUT2D eigenvalue weighted by Gasteiger charge is 2.36. The van der Waals surface area contributed by atoms with Crippen LogP contribution in [0.4, 0.5) is 18.9 Å². The lowest BCUT2D eigenvalue weighted by molar-refractivity contribution is -0.137. The molecule has 0 aliphatic carbocycles. The first kappa shape index (κ1) is 14.7. The van der Waals surface area contributed by atoms with Gasteiger partial charge in [0, 0.05) is 17.6 Å². The second kappa shape index (κ2) is 5.71. The minimum absolute atomic E-state index is 0.278. The van der Waals surface area contributed by atoms with Gasteiger partial charge in [-0.3, -0.25) is 0 Å². The van der Waals surface area contributed by atoms with Crippen LogP contribution >= 0.6 is 15.9 Å². The molecule has 0 amide bonds. The maximum absolute atomic E-state index is 13.0. The van der Waals surface area contributed by atoms with Gasteiger partial charge in [0.2, 0.25) is 0 Å². The zero-order chi connectivity index (χ0) is 14.0. The van der Waals surface area contributed by atoms with Crippen molar-refractivity contribution in [3.05, 3.63) is 28.2 Å². The Morgan fingerprint density at radius 3 is 2.79 bits per heavy atom. The Bertz CT molecular complexity index is 448. The zero-order valence-corrected chi connectivity index (χ0v) is 12.2. The number of hydrogen-bond acceptors (Lipinski definition) is 2. The quantitative estimate of drug-likeness (QED) is 0.908. The van der Waals surface area contributed by atoms with Crippen LogP contribution in [0.25, 0.3) is 0 Å². The number of hydrogen-bond donors (Lipinski definition) is 1. The molecule has 0 spiro atoms. The molecule has 106 valence electrons. The molecule has 1 unspecified atom stereocenters. The third-order valence-electron chi connectivity index (χ3n) is 3.38. The van der Waals surface area contributed by atoms with Crippen molar-refractivity contribution in [2.75, 3.05) is 31.6 Å². The predicted octanol–water partition coefficient (Wildman–Crippen LogP) is 3.51. The van der Waals surface area contributed by atoms with Crippen LogP contribution in [-0.2, 0) is 6.18 Å². The number of halogens is 4. The van der Waals surface area contributed by atoms with Gasteiger partial charge in [0.05, 0.1) is 11.3 Å². The molecule has 19 heavy (non-hydrogen) atoms. The third-order valence-corrected chi connectivity index (χ3v) is 3.88. The van der Waals surface area contributed by atoms with E-state index in [1.54, 1.807) is 6.07 Å². The van der Waals surface area contributed by atoms with E-state index in [1.165, 1.54) is 6.07 Å². The van der Waals surface area contributed by atoms with E-state index in [9.17, 15) is 13.2 Å². The molecule has 0 radical (unpaired) electrons. The molecular weight excluding hydrogens is 321 g/mol. The fourth-order valence-corrected chi connectivity index (χ4v) is 2.86. The van der Waals surface area contributed by atoms with Gasteiger partial charge in [-0.25, -0.2) is 0 Å². The molecule has 1 atom stereocenters. The van der Waals surface area contributed by atoms with Crippen LogP contribution in [-0.4, -0.2) is 26.7 Å². The fraction of sp³-hybridized carbons (Fsp3) is 0.538. The Labute approximate surface area is 119 Å². The molecule has 2 nitrogen and oxygen atoms in total. The molecular formula is C13H16BrF3N2. The van der Waals surface area contributed by atoms with E-state index in [0.29, 0.717) is 23.5 Å². The summed E-state index contributed by atoms with van der Waals surface area (Å²) in [5, 5.41) is 3.08. The van der Waals surface area contributed by atoms with E-state index in [2.05, 4.69) is 21.2 Å². The predicted molar refractivity (Wildman–Crippen MR) is 73.4 cm³/mol. The van der Waals surface area contributed by atoms with Gasteiger partial charge in [-0.1, -0.05) is 15.9 Å². The number of alkyl halides is 3. The van der Waals surface area contributed by atoms with E-state index in [0.717, 1.165) is 19.0 Å². The summed E-state index contributed by atoms with van der Waals surface area (Å²) in [6.07, 6.45) is -3.39. The molecule has 1 fully saturated rings. The Kier molecular flexibility index (Phi) is 4.40. The summed E-state index contributed by atoms with van der Waals surface area (Å²) in [6, 6.07) is 4.14. The second-order valence-corrected chi connectivity index (χ2v) is 5.73. The normalized spacial score (nSPS) is 20.1. The highest BCUT2D eigenvalue weighted by atomic mass is 79.9. The van der Waals surface area contributed by atoms with Crippen molar-refractivity contribution < 1.29 is 13.2 Å². The van der Waals surface area contributed by atoms with Crippen LogP contribution in [0.15, 0.2) is 22.7 Å². The molecule has 1 aliphatic rings. The Hall–Kier alpha value is -0.750. The van der Waals surface area contributed by atoms with Crippen molar-refractivity contribution in [3.63, 3.8) is 0 Å². The molecule has 0 saturated carbocycles. The van der Waals surface area contributed by atoms with Crippen LogP contribution in [0.3, 0.4) is 0 Å². The first-order valence-electron chi connectivity index (χ1n) is 6.18. The van der Waals surface area contributed by atoms with Gasteiger partial charge >= 0.3 is 6.18 Å². The average molecular weight is 337 g/mol. The molecule has 6 heteroatoms. The highest BCUT2D eigenvalue weighted by molar-refractivity contribution is 9.10. The Morgan fingerprint density at radius 1 is 1.42 bits per heavy atom. The Balaban J connectivity index is 2.27. The van der Waals surface area contributed by atoms with E-state index in [-0.39, 0.29) is 5.69 Å². The lowest BCUT2D eigenvalue weighted by Gasteiger charge is -2.23. The molecule has 2 rings (SSSR count). The van der Waals surface area contributed by atoms with Gasteiger partial charge in [-0.2, -0.15) is 13.2 Å². The smallest absolute Gasteiger partial charge is 0.371 e. The lowest BCUT2D eigenvalue weighted by atomic mass is 10.1. The minimum Gasteiger partial charge on any atom is -0.371 e. The van der Waals surface area contributed by atoms with Crippen molar-refractivity contribution in [2.45, 2.75) is 12.6 Å². The van der Waals surface area contributed by atoms with Crippen LogP contribution in [0.1, 0.15) is 12.0 Å². The maximum atomic E-state index is 13.0. The molecule has 0 aromatic heterocycles. The molecule has 1 aromatic carbocycles. The van der Waals surface area contributed by atoms with Crippen molar-refractivity contribution in [1.82, 2.24) is 5.32 Å². The van der Waals surface area contributed by atoms with Crippen LogP contribution in [0, 0.1) is 5.92 Å². The summed E-state index contributed by atoms with van der Waals surface area (Å²) < 4.78 is 39.7. The Morgan fingerprint density at radius 2 is 2.16 bits per heavy atom.